The van der Waals surface area contributed by atoms with E-state index >= 15 is 0 Å². The second-order valence-electron chi connectivity index (χ2n) is 5.00. The van der Waals surface area contributed by atoms with Crippen molar-refractivity contribution in [3.63, 3.8) is 0 Å². The fourth-order valence-corrected chi connectivity index (χ4v) is 2.05. The lowest BCUT2D eigenvalue weighted by molar-refractivity contribution is 0.285. The summed E-state index contributed by atoms with van der Waals surface area (Å²) in [5, 5.41) is 3.19. The van der Waals surface area contributed by atoms with Crippen LogP contribution in [-0.2, 0) is 0 Å². The molecule has 0 bridgehead atoms. The molecule has 1 N–H and O–H groups in total. The molecule has 0 atom stereocenters. The minimum absolute atomic E-state index is 0.572. The molecule has 0 unspecified atom stereocenters. The molecule has 2 nitrogen and oxygen atoms in total. The molecular weight excluding hydrogens is 160 g/mol. The predicted molar refractivity (Wildman–Crippen MR) is 58.0 cm³/mol. The largest absolute Gasteiger partial charge is 0.320 e. The van der Waals surface area contributed by atoms with Gasteiger partial charge in [-0.1, -0.05) is 13.8 Å². The summed E-state index contributed by atoms with van der Waals surface area (Å²) in [6.45, 7) is 9.82. The van der Waals surface area contributed by atoms with Gasteiger partial charge >= 0.3 is 0 Å². The zero-order chi connectivity index (χ0) is 9.73. The Kier molecular flexibility index (Phi) is 4.20. The average molecular weight is 184 g/mol. The van der Waals surface area contributed by atoms with E-state index in [1.807, 2.05) is 7.05 Å². The molecule has 0 aromatic carbocycles. The van der Waals surface area contributed by atoms with Crippen LogP contribution >= 0.6 is 0 Å². The molecule has 78 valence electrons. The number of hydrogen-bond donors (Lipinski definition) is 1. The van der Waals surface area contributed by atoms with Crippen LogP contribution in [-0.4, -0.2) is 38.1 Å². The van der Waals surface area contributed by atoms with Gasteiger partial charge in [-0.05, 0) is 51.4 Å². The second-order valence-corrected chi connectivity index (χ2v) is 5.00. The van der Waals surface area contributed by atoms with E-state index < -0.39 is 0 Å². The lowest BCUT2D eigenvalue weighted by atomic mass is 9.93. The number of rotatable bonds is 5. The maximum Gasteiger partial charge on any atom is 0.00332 e. The molecule has 1 saturated heterocycles. The molecule has 1 fully saturated rings. The van der Waals surface area contributed by atoms with E-state index in [0.717, 1.165) is 6.54 Å². The van der Waals surface area contributed by atoms with Gasteiger partial charge in [0, 0.05) is 6.54 Å². The van der Waals surface area contributed by atoms with Gasteiger partial charge in [-0.3, -0.25) is 0 Å². The maximum atomic E-state index is 3.19. The molecule has 1 heterocycles. The minimum Gasteiger partial charge on any atom is -0.320 e. The Bertz CT molecular complexity index is 143. The molecular formula is C11H24N2. The third-order valence-electron chi connectivity index (χ3n) is 2.91. The van der Waals surface area contributed by atoms with Crippen molar-refractivity contribution < 1.29 is 0 Å². The van der Waals surface area contributed by atoms with Crippen molar-refractivity contribution in [2.45, 2.75) is 33.1 Å². The smallest absolute Gasteiger partial charge is 0.00332 e. The van der Waals surface area contributed by atoms with Gasteiger partial charge in [0.25, 0.3) is 0 Å². The average Bonchev–Trinajstić information content (AvgIpc) is 2.40. The van der Waals surface area contributed by atoms with E-state index in [2.05, 4.69) is 24.1 Å². The fraction of sp³-hybridized carbons (Fsp3) is 1.00. The Hall–Kier alpha value is -0.0800. The topological polar surface area (TPSA) is 15.3 Å². The highest BCUT2D eigenvalue weighted by Gasteiger charge is 2.28. The summed E-state index contributed by atoms with van der Waals surface area (Å²) in [5.41, 5.74) is 0.572. The van der Waals surface area contributed by atoms with Gasteiger partial charge < -0.3 is 10.2 Å². The van der Waals surface area contributed by atoms with Crippen molar-refractivity contribution in [3.8, 4) is 0 Å². The predicted octanol–water partition coefficient (Wildman–Crippen LogP) is 1.72. The Morgan fingerprint density at radius 3 is 2.62 bits per heavy atom. The number of likely N-dealkylation sites (tertiary alicyclic amines) is 1. The first-order valence-electron chi connectivity index (χ1n) is 5.51. The fourth-order valence-electron chi connectivity index (χ4n) is 2.05. The highest BCUT2D eigenvalue weighted by atomic mass is 15.1. The Morgan fingerprint density at radius 2 is 2.08 bits per heavy atom. The van der Waals surface area contributed by atoms with Crippen LogP contribution in [0.25, 0.3) is 0 Å². The molecule has 13 heavy (non-hydrogen) atoms. The Morgan fingerprint density at radius 1 is 1.31 bits per heavy atom. The first-order chi connectivity index (χ1) is 6.14. The molecule has 0 amide bonds. The van der Waals surface area contributed by atoms with E-state index in [4.69, 9.17) is 0 Å². The SMILES string of the molecule is CNCCCCN1CCC(C)(C)C1. The molecule has 2 heteroatoms. The zero-order valence-electron chi connectivity index (χ0n) is 9.40. The monoisotopic (exact) mass is 184 g/mol. The molecule has 0 saturated carbocycles. The first kappa shape index (κ1) is 11.0. The van der Waals surface area contributed by atoms with Crippen LogP contribution < -0.4 is 5.32 Å². The van der Waals surface area contributed by atoms with Crippen molar-refractivity contribution in [2.24, 2.45) is 5.41 Å². The maximum absolute atomic E-state index is 3.19. The summed E-state index contributed by atoms with van der Waals surface area (Å²) < 4.78 is 0. The Labute approximate surface area is 82.7 Å². The molecule has 0 aliphatic carbocycles. The van der Waals surface area contributed by atoms with E-state index in [0.29, 0.717) is 5.41 Å². The number of nitrogens with zero attached hydrogens (tertiary/aromatic N) is 1. The lowest BCUT2D eigenvalue weighted by Gasteiger charge is -2.19. The molecule has 1 rings (SSSR count). The summed E-state index contributed by atoms with van der Waals surface area (Å²) in [6.07, 6.45) is 4.03. The van der Waals surface area contributed by atoms with Gasteiger partial charge in [-0.15, -0.1) is 0 Å². The van der Waals surface area contributed by atoms with E-state index in [1.165, 1.54) is 38.9 Å². The number of unbranched alkanes of at least 4 members (excludes halogenated alkanes) is 1. The summed E-state index contributed by atoms with van der Waals surface area (Å²) in [5.74, 6) is 0. The van der Waals surface area contributed by atoms with Gasteiger partial charge in [-0.2, -0.15) is 0 Å². The van der Waals surface area contributed by atoms with Crippen LogP contribution in [0.1, 0.15) is 33.1 Å². The van der Waals surface area contributed by atoms with Gasteiger partial charge in [0.05, 0.1) is 0 Å². The minimum atomic E-state index is 0.572. The van der Waals surface area contributed by atoms with Gasteiger partial charge in [-0.25, -0.2) is 0 Å². The van der Waals surface area contributed by atoms with Crippen molar-refractivity contribution in [1.29, 1.82) is 0 Å². The Balaban J connectivity index is 2.04. The molecule has 1 aliphatic rings. The molecule has 0 aromatic heterocycles. The van der Waals surface area contributed by atoms with E-state index in [-0.39, 0.29) is 0 Å². The highest BCUT2D eigenvalue weighted by molar-refractivity contribution is 4.82. The van der Waals surface area contributed by atoms with Gasteiger partial charge in [0.1, 0.15) is 0 Å². The number of hydrogen-bond acceptors (Lipinski definition) is 2. The van der Waals surface area contributed by atoms with Gasteiger partial charge in [0.15, 0.2) is 0 Å². The highest BCUT2D eigenvalue weighted by Crippen LogP contribution is 2.28. The molecule has 0 radical (unpaired) electrons. The van der Waals surface area contributed by atoms with E-state index in [9.17, 15) is 0 Å². The van der Waals surface area contributed by atoms with Crippen LogP contribution in [0, 0.1) is 5.41 Å². The summed E-state index contributed by atoms with van der Waals surface area (Å²) in [4.78, 5) is 2.61. The van der Waals surface area contributed by atoms with Gasteiger partial charge in [0.2, 0.25) is 0 Å². The second kappa shape index (κ2) is 4.97. The van der Waals surface area contributed by atoms with Crippen molar-refractivity contribution in [1.82, 2.24) is 10.2 Å². The third-order valence-corrected chi connectivity index (χ3v) is 2.91. The summed E-state index contributed by atoms with van der Waals surface area (Å²) in [6, 6.07) is 0. The van der Waals surface area contributed by atoms with Crippen molar-refractivity contribution in [2.75, 3.05) is 33.2 Å². The number of nitrogens with one attached hydrogen (secondary N) is 1. The lowest BCUT2D eigenvalue weighted by Crippen LogP contribution is -2.25. The third kappa shape index (κ3) is 4.10. The van der Waals surface area contributed by atoms with Crippen LogP contribution in [0.2, 0.25) is 0 Å². The van der Waals surface area contributed by atoms with Crippen molar-refractivity contribution in [3.05, 3.63) is 0 Å². The molecule has 1 aliphatic heterocycles. The first-order valence-corrected chi connectivity index (χ1v) is 5.51. The van der Waals surface area contributed by atoms with Crippen LogP contribution in [0.5, 0.6) is 0 Å². The van der Waals surface area contributed by atoms with E-state index in [1.54, 1.807) is 0 Å². The van der Waals surface area contributed by atoms with Crippen LogP contribution in [0.15, 0.2) is 0 Å². The van der Waals surface area contributed by atoms with Crippen LogP contribution in [0.4, 0.5) is 0 Å². The normalized spacial score (nSPS) is 22.4. The quantitative estimate of drug-likeness (QED) is 0.654. The summed E-state index contributed by atoms with van der Waals surface area (Å²) >= 11 is 0. The molecule has 0 spiro atoms. The zero-order valence-corrected chi connectivity index (χ0v) is 9.40. The van der Waals surface area contributed by atoms with Crippen molar-refractivity contribution >= 4 is 0 Å². The summed E-state index contributed by atoms with van der Waals surface area (Å²) in [7, 11) is 2.03. The van der Waals surface area contributed by atoms with Crippen LogP contribution in [0.3, 0.4) is 0 Å². The molecule has 0 aromatic rings. The standard InChI is InChI=1S/C11H24N2/c1-11(2)6-9-13(10-11)8-5-4-7-12-3/h12H,4-10H2,1-3H3.